The van der Waals surface area contributed by atoms with Gasteiger partial charge in [-0.25, -0.2) is 9.18 Å². The summed E-state index contributed by atoms with van der Waals surface area (Å²) in [4.78, 5) is 13.5. The summed E-state index contributed by atoms with van der Waals surface area (Å²) in [6.45, 7) is 2.36. The second-order valence-corrected chi connectivity index (χ2v) is 8.98. The number of hydrogen-bond donors (Lipinski definition) is 2. The highest BCUT2D eigenvalue weighted by atomic mass is 32.1. The molecule has 0 aliphatic heterocycles. The van der Waals surface area contributed by atoms with Gasteiger partial charge in [-0.2, -0.15) is 5.10 Å². The number of carbonyl (C=O) groups excluding carboxylic acids is 1. The fourth-order valence-corrected chi connectivity index (χ4v) is 4.73. The molecule has 0 spiro atoms. The highest BCUT2D eigenvalue weighted by molar-refractivity contribution is 7.80. The summed E-state index contributed by atoms with van der Waals surface area (Å²) in [6.07, 6.45) is 4.04. The van der Waals surface area contributed by atoms with E-state index in [1.54, 1.807) is 42.2 Å². The van der Waals surface area contributed by atoms with Gasteiger partial charge in [-0.3, -0.25) is 4.68 Å². The zero-order valence-electron chi connectivity index (χ0n) is 18.5. The summed E-state index contributed by atoms with van der Waals surface area (Å²) in [5.74, 6) is -0.679. The van der Waals surface area contributed by atoms with Gasteiger partial charge in [-0.1, -0.05) is 48.5 Å². The Bertz CT molecular complexity index is 1290. The van der Waals surface area contributed by atoms with Crippen molar-refractivity contribution < 1.29 is 13.9 Å². The van der Waals surface area contributed by atoms with Crippen molar-refractivity contribution in [2.45, 2.75) is 19.9 Å². The molecule has 174 valence electrons. The Labute approximate surface area is 206 Å². The quantitative estimate of drug-likeness (QED) is 0.242. The molecule has 0 bridgehead atoms. The van der Waals surface area contributed by atoms with E-state index in [0.29, 0.717) is 39.9 Å². The largest absolute Gasteiger partial charge is 0.462 e. The van der Waals surface area contributed by atoms with Crippen LogP contribution in [0.4, 0.5) is 15.1 Å². The zero-order valence-corrected chi connectivity index (χ0v) is 20.1. The Kier molecular flexibility index (Phi) is 7.66. The third-order valence-electron chi connectivity index (χ3n) is 4.91. The van der Waals surface area contributed by atoms with Crippen LogP contribution in [0.5, 0.6) is 0 Å². The number of thiophene rings is 1. The molecule has 2 N–H and O–H groups in total. The average Bonchev–Trinajstić information content (AvgIpc) is 3.42. The van der Waals surface area contributed by atoms with Crippen LogP contribution in [-0.2, 0) is 17.7 Å². The minimum Gasteiger partial charge on any atom is -0.462 e. The molecule has 4 aromatic rings. The Morgan fingerprint density at radius 3 is 2.68 bits per heavy atom. The van der Waals surface area contributed by atoms with E-state index in [1.807, 2.05) is 36.4 Å². The van der Waals surface area contributed by atoms with Crippen molar-refractivity contribution in [2.24, 2.45) is 0 Å². The number of nitrogens with one attached hydrogen (secondary N) is 2. The Hall–Kier alpha value is -3.56. The minimum atomic E-state index is -0.402. The van der Waals surface area contributed by atoms with Crippen LogP contribution in [0.1, 0.15) is 33.3 Å². The minimum absolute atomic E-state index is 0.278. The fraction of sp³-hybridized carbons (Fsp3) is 0.160. The van der Waals surface area contributed by atoms with E-state index in [4.69, 9.17) is 17.0 Å². The van der Waals surface area contributed by atoms with E-state index in [9.17, 15) is 9.18 Å². The van der Waals surface area contributed by atoms with Gasteiger partial charge < -0.3 is 15.4 Å². The predicted octanol–water partition coefficient (Wildman–Crippen LogP) is 5.71. The molecule has 0 fully saturated rings. The molecule has 2 aromatic carbocycles. The maximum Gasteiger partial charge on any atom is 0.341 e. The molecule has 6 nitrogen and oxygen atoms in total. The summed E-state index contributed by atoms with van der Waals surface area (Å²) in [5.41, 5.74) is 2.78. The molecular formula is C25H23FN4O2S2. The van der Waals surface area contributed by atoms with Crippen molar-refractivity contribution >= 4 is 45.3 Å². The SMILES string of the molecule is CCOC(=O)c1cc(Cc2ccccc2)sc1NC(=S)Nc1cnn(Cc2ccccc2F)c1. The van der Waals surface area contributed by atoms with E-state index in [-0.39, 0.29) is 12.4 Å². The van der Waals surface area contributed by atoms with Crippen LogP contribution in [0.2, 0.25) is 0 Å². The number of benzene rings is 2. The third kappa shape index (κ3) is 6.06. The van der Waals surface area contributed by atoms with E-state index < -0.39 is 5.97 Å². The van der Waals surface area contributed by atoms with E-state index in [1.165, 1.54) is 17.4 Å². The lowest BCUT2D eigenvalue weighted by atomic mass is 10.1. The van der Waals surface area contributed by atoms with Gasteiger partial charge >= 0.3 is 5.97 Å². The summed E-state index contributed by atoms with van der Waals surface area (Å²) < 4.78 is 20.8. The molecule has 34 heavy (non-hydrogen) atoms. The summed E-state index contributed by atoms with van der Waals surface area (Å²) in [5, 5.41) is 11.4. The van der Waals surface area contributed by atoms with Crippen molar-refractivity contribution in [1.82, 2.24) is 9.78 Å². The van der Waals surface area contributed by atoms with E-state index in [2.05, 4.69) is 15.7 Å². The highest BCUT2D eigenvalue weighted by Crippen LogP contribution is 2.31. The van der Waals surface area contributed by atoms with Crippen molar-refractivity contribution in [2.75, 3.05) is 17.2 Å². The first-order chi connectivity index (χ1) is 16.5. The topological polar surface area (TPSA) is 68.2 Å². The van der Waals surface area contributed by atoms with E-state index in [0.717, 1.165) is 10.4 Å². The van der Waals surface area contributed by atoms with Crippen LogP contribution < -0.4 is 10.6 Å². The van der Waals surface area contributed by atoms with E-state index >= 15 is 0 Å². The van der Waals surface area contributed by atoms with Crippen LogP contribution >= 0.6 is 23.6 Å². The van der Waals surface area contributed by atoms with Gasteiger partial charge in [0.2, 0.25) is 0 Å². The van der Waals surface area contributed by atoms with Gasteiger partial charge in [-0.15, -0.1) is 11.3 Å². The van der Waals surface area contributed by atoms with Gasteiger partial charge in [0.1, 0.15) is 10.8 Å². The fourth-order valence-electron chi connectivity index (χ4n) is 3.36. The predicted molar refractivity (Wildman–Crippen MR) is 137 cm³/mol. The number of ether oxygens (including phenoxy) is 1. The summed E-state index contributed by atoms with van der Waals surface area (Å²) >= 11 is 6.92. The number of aromatic nitrogens is 2. The molecule has 0 aliphatic rings. The number of anilines is 2. The maximum absolute atomic E-state index is 13.9. The lowest BCUT2D eigenvalue weighted by Crippen LogP contribution is -2.19. The normalized spacial score (nSPS) is 10.6. The van der Waals surface area contributed by atoms with Crippen molar-refractivity contribution in [3.05, 3.63) is 100 Å². The molecule has 0 radical (unpaired) electrons. The first-order valence-corrected chi connectivity index (χ1v) is 11.9. The molecule has 0 saturated carbocycles. The van der Waals surface area contributed by atoms with Gasteiger partial charge in [0, 0.05) is 23.1 Å². The Morgan fingerprint density at radius 2 is 1.91 bits per heavy atom. The molecule has 0 aliphatic carbocycles. The van der Waals surface area contributed by atoms with Crippen molar-refractivity contribution in [3.8, 4) is 0 Å². The molecular weight excluding hydrogens is 471 g/mol. The molecule has 9 heteroatoms. The average molecular weight is 495 g/mol. The second-order valence-electron chi connectivity index (χ2n) is 7.44. The molecule has 0 unspecified atom stereocenters. The zero-order chi connectivity index (χ0) is 23.9. The summed E-state index contributed by atoms with van der Waals surface area (Å²) in [7, 11) is 0. The number of carbonyl (C=O) groups is 1. The third-order valence-corrected chi connectivity index (χ3v) is 6.16. The first kappa shape index (κ1) is 23.6. The molecule has 0 saturated heterocycles. The molecule has 0 amide bonds. The maximum atomic E-state index is 13.9. The van der Waals surface area contributed by atoms with Crippen molar-refractivity contribution in [1.29, 1.82) is 0 Å². The monoisotopic (exact) mass is 494 g/mol. The lowest BCUT2D eigenvalue weighted by Gasteiger charge is -2.09. The van der Waals surface area contributed by atoms with Gasteiger partial charge in [0.15, 0.2) is 5.11 Å². The molecule has 2 heterocycles. The number of thiocarbonyl (C=S) groups is 1. The smallest absolute Gasteiger partial charge is 0.341 e. The standard InChI is InChI=1S/C25H23FN4O2S2/c1-2-32-24(31)21-13-20(12-17-8-4-3-5-9-17)34-23(21)29-25(33)28-19-14-27-30(16-19)15-18-10-6-7-11-22(18)26/h3-11,13-14,16H,2,12,15H2,1H3,(H2,28,29,33). The van der Waals surface area contributed by atoms with Crippen LogP contribution in [0, 0.1) is 5.82 Å². The van der Waals surface area contributed by atoms with Crippen LogP contribution in [0.3, 0.4) is 0 Å². The van der Waals surface area contributed by atoms with Gasteiger partial charge in [-0.05, 0) is 36.8 Å². The van der Waals surface area contributed by atoms with Gasteiger partial charge in [0.05, 0.1) is 30.6 Å². The second kappa shape index (κ2) is 11.0. The number of rotatable bonds is 8. The van der Waals surface area contributed by atoms with Crippen LogP contribution in [0.15, 0.2) is 73.1 Å². The lowest BCUT2D eigenvalue weighted by molar-refractivity contribution is 0.0528. The Morgan fingerprint density at radius 1 is 1.15 bits per heavy atom. The van der Waals surface area contributed by atoms with Crippen molar-refractivity contribution in [3.63, 3.8) is 0 Å². The number of nitrogens with zero attached hydrogens (tertiary/aromatic N) is 2. The number of esters is 1. The van der Waals surface area contributed by atoms with Crippen LogP contribution in [-0.4, -0.2) is 27.5 Å². The first-order valence-electron chi connectivity index (χ1n) is 10.7. The Balaban J connectivity index is 1.45. The number of hydrogen-bond acceptors (Lipinski definition) is 5. The molecule has 0 atom stereocenters. The van der Waals surface area contributed by atoms with Crippen LogP contribution in [0.25, 0.3) is 0 Å². The molecule has 4 rings (SSSR count). The van der Waals surface area contributed by atoms with Gasteiger partial charge in [0.25, 0.3) is 0 Å². The highest BCUT2D eigenvalue weighted by Gasteiger charge is 2.19. The number of halogens is 1. The molecule has 2 aromatic heterocycles. The summed E-state index contributed by atoms with van der Waals surface area (Å²) in [6, 6.07) is 18.4.